The monoisotopic (exact) mass is 709 g/mol. The number of hydrogen-bond acceptors (Lipinski definition) is 10. The zero-order valence-electron chi connectivity index (χ0n) is 26.8. The van der Waals surface area contributed by atoms with Gasteiger partial charge in [0.1, 0.15) is 0 Å². The third-order valence-corrected chi connectivity index (χ3v) is 8.86. The van der Waals surface area contributed by atoms with Gasteiger partial charge in [0.2, 0.25) is 23.8 Å². The molecule has 0 saturated carbocycles. The predicted octanol–water partition coefficient (Wildman–Crippen LogP) is 2.14. The third-order valence-electron chi connectivity index (χ3n) is 8.86. The quantitative estimate of drug-likeness (QED) is 0.185. The van der Waals surface area contributed by atoms with Gasteiger partial charge in [0.05, 0.1) is 0 Å². The maximum Gasteiger partial charge on any atom is 0.471 e. The van der Waals surface area contributed by atoms with E-state index in [4.69, 9.17) is 5.11 Å². The number of alkyl halides is 6. The maximum atomic E-state index is 12.7. The lowest BCUT2D eigenvalue weighted by Crippen LogP contribution is -2.49. The van der Waals surface area contributed by atoms with Crippen LogP contribution in [0.25, 0.3) is 0 Å². The van der Waals surface area contributed by atoms with Crippen LogP contribution in [-0.2, 0) is 19.2 Å². The highest BCUT2D eigenvalue weighted by molar-refractivity contribution is 5.82. The van der Waals surface area contributed by atoms with Crippen LogP contribution in [0.4, 0.5) is 44.2 Å². The van der Waals surface area contributed by atoms with E-state index in [1.165, 1.54) is 0 Å². The second-order valence-electron chi connectivity index (χ2n) is 12.5. The van der Waals surface area contributed by atoms with Crippen molar-refractivity contribution in [3.63, 3.8) is 0 Å². The Labute approximate surface area is 278 Å². The van der Waals surface area contributed by atoms with Gasteiger partial charge in [-0.25, -0.2) is 0 Å². The number of carboxylic acid groups (broad SMARTS) is 1. The summed E-state index contributed by atoms with van der Waals surface area (Å²) in [5.74, 6) is -4.35. The second-order valence-corrected chi connectivity index (χ2v) is 12.5. The van der Waals surface area contributed by atoms with Crippen LogP contribution in [0.1, 0.15) is 64.2 Å². The molecule has 274 valence electrons. The summed E-state index contributed by atoms with van der Waals surface area (Å²) in [5.41, 5.74) is 0. The Morgan fingerprint density at radius 1 is 0.633 bits per heavy atom. The number of unbranched alkanes of at least 4 members (excludes halogenated alkanes) is 2. The van der Waals surface area contributed by atoms with E-state index in [1.807, 2.05) is 15.5 Å². The first-order valence-electron chi connectivity index (χ1n) is 16.4. The van der Waals surface area contributed by atoms with Gasteiger partial charge in [0.15, 0.2) is 0 Å². The van der Waals surface area contributed by atoms with Crippen LogP contribution in [0, 0.1) is 5.92 Å². The summed E-state index contributed by atoms with van der Waals surface area (Å²) in [7, 11) is 0. The summed E-state index contributed by atoms with van der Waals surface area (Å²) in [6, 6.07) is -1.38. The Morgan fingerprint density at radius 2 is 1.02 bits per heavy atom. The molecular formula is C29H41F6N9O5. The number of aromatic nitrogens is 3. The lowest BCUT2D eigenvalue weighted by molar-refractivity contribution is -0.174. The fraction of sp³-hybridized carbons (Fsp3) is 0.759. The molecule has 3 fully saturated rings. The molecule has 3 saturated heterocycles. The van der Waals surface area contributed by atoms with Gasteiger partial charge < -0.3 is 35.8 Å². The van der Waals surface area contributed by atoms with Gasteiger partial charge in [0.25, 0.3) is 0 Å². The average Bonchev–Trinajstić information content (AvgIpc) is 3.05. The number of carbonyl (C=O) groups excluding carboxylic acids is 3. The number of nitrogens with zero attached hydrogens (tertiary/aromatic N) is 6. The van der Waals surface area contributed by atoms with Crippen molar-refractivity contribution in [2.75, 3.05) is 60.5 Å². The third kappa shape index (κ3) is 11.2. The Balaban J connectivity index is 1.40. The average molecular weight is 710 g/mol. The van der Waals surface area contributed by atoms with E-state index in [2.05, 4.69) is 20.3 Å². The molecule has 0 aromatic carbocycles. The number of rotatable bonds is 12. The van der Waals surface area contributed by atoms with Gasteiger partial charge in [-0.2, -0.15) is 41.3 Å². The Kier molecular flexibility index (Phi) is 12.7. The van der Waals surface area contributed by atoms with Gasteiger partial charge in [-0.1, -0.05) is 6.42 Å². The van der Waals surface area contributed by atoms with E-state index in [1.54, 1.807) is 9.80 Å². The molecule has 0 radical (unpaired) electrons. The first-order valence-corrected chi connectivity index (χ1v) is 16.4. The molecule has 0 bridgehead atoms. The van der Waals surface area contributed by atoms with Crippen molar-refractivity contribution in [2.45, 2.75) is 88.6 Å². The lowest BCUT2D eigenvalue weighted by atomic mass is 9.96. The van der Waals surface area contributed by atoms with Crippen LogP contribution in [0.3, 0.4) is 0 Å². The standard InChI is InChI=1S/C29H41F6N9O5/c30-28(31,32)23(48)37-19-7-14-43(15-8-19)26-39-25(40-27(41-26)44-16-9-20(10-17-44)38-24(49)29(33,34)35)42-12-5-18(6-13-42)22(47)36-11-3-1-2-4-21(45)46/h18-20H,1-17H2,(H,36,47)(H,37,48)(H,38,49)(H,45,46). The van der Waals surface area contributed by atoms with Gasteiger partial charge >= 0.3 is 30.1 Å². The largest absolute Gasteiger partial charge is 0.481 e. The SMILES string of the molecule is O=C(O)CCCCCNC(=O)C1CCN(c2nc(N3CCC(NC(=O)C(F)(F)F)CC3)nc(N3CCC(NC(=O)C(F)(F)F)CC3)n2)CC1. The molecular weight excluding hydrogens is 668 g/mol. The first kappa shape index (κ1) is 37.7. The van der Waals surface area contributed by atoms with Crippen molar-refractivity contribution in [3.8, 4) is 0 Å². The molecule has 0 unspecified atom stereocenters. The number of carboxylic acids is 1. The predicted molar refractivity (Wildman–Crippen MR) is 163 cm³/mol. The molecule has 1 aromatic rings. The molecule has 4 heterocycles. The summed E-state index contributed by atoms with van der Waals surface area (Å²) in [4.78, 5) is 65.6. The molecule has 0 atom stereocenters. The summed E-state index contributed by atoms with van der Waals surface area (Å²) in [6.07, 6.45) is -6.13. The van der Waals surface area contributed by atoms with E-state index in [-0.39, 0.29) is 82.0 Å². The van der Waals surface area contributed by atoms with E-state index in [9.17, 15) is 45.5 Å². The van der Waals surface area contributed by atoms with Crippen molar-refractivity contribution >= 4 is 41.5 Å². The molecule has 1 aromatic heterocycles. The molecule has 0 aliphatic carbocycles. The number of aliphatic carboxylic acids is 1. The van der Waals surface area contributed by atoms with Crippen molar-refractivity contribution in [1.82, 2.24) is 30.9 Å². The van der Waals surface area contributed by atoms with Crippen LogP contribution in [0.5, 0.6) is 0 Å². The zero-order valence-corrected chi connectivity index (χ0v) is 26.8. The van der Waals surface area contributed by atoms with Crippen LogP contribution in [0.2, 0.25) is 0 Å². The van der Waals surface area contributed by atoms with Crippen LogP contribution in [-0.4, -0.2) is 114 Å². The van der Waals surface area contributed by atoms with Crippen LogP contribution < -0.4 is 30.7 Å². The van der Waals surface area contributed by atoms with E-state index >= 15 is 0 Å². The van der Waals surface area contributed by atoms with Gasteiger partial charge in [-0.3, -0.25) is 19.2 Å². The number of amides is 3. The maximum absolute atomic E-state index is 12.7. The number of anilines is 3. The van der Waals surface area contributed by atoms with Gasteiger partial charge in [-0.15, -0.1) is 0 Å². The van der Waals surface area contributed by atoms with Gasteiger partial charge in [0, 0.05) is 70.2 Å². The smallest absolute Gasteiger partial charge is 0.471 e. The zero-order chi connectivity index (χ0) is 35.8. The minimum Gasteiger partial charge on any atom is -0.481 e. The summed E-state index contributed by atoms with van der Waals surface area (Å²) in [6.45, 7) is 2.32. The highest BCUT2D eigenvalue weighted by Crippen LogP contribution is 2.28. The summed E-state index contributed by atoms with van der Waals surface area (Å²) < 4.78 is 76.5. The van der Waals surface area contributed by atoms with E-state index in [0.29, 0.717) is 57.7 Å². The Bertz CT molecular complexity index is 1240. The fourth-order valence-electron chi connectivity index (χ4n) is 6.03. The van der Waals surface area contributed by atoms with Crippen molar-refractivity contribution in [3.05, 3.63) is 0 Å². The highest BCUT2D eigenvalue weighted by atomic mass is 19.4. The minimum atomic E-state index is -4.99. The lowest BCUT2D eigenvalue weighted by Gasteiger charge is -2.36. The fourth-order valence-corrected chi connectivity index (χ4v) is 6.03. The topological polar surface area (TPSA) is 173 Å². The molecule has 14 nitrogen and oxygen atoms in total. The van der Waals surface area contributed by atoms with Gasteiger partial charge in [-0.05, 0) is 51.4 Å². The molecule has 3 amide bonds. The highest BCUT2D eigenvalue weighted by Gasteiger charge is 2.41. The summed E-state index contributed by atoms with van der Waals surface area (Å²) in [5, 5.41) is 15.7. The van der Waals surface area contributed by atoms with Crippen molar-refractivity contribution < 1.29 is 50.6 Å². The van der Waals surface area contributed by atoms with E-state index in [0.717, 1.165) is 0 Å². The Morgan fingerprint density at radius 3 is 1.39 bits per heavy atom. The molecule has 3 aliphatic heterocycles. The number of carbonyl (C=O) groups is 4. The van der Waals surface area contributed by atoms with Crippen molar-refractivity contribution in [2.24, 2.45) is 5.92 Å². The molecule has 4 N–H and O–H groups in total. The first-order chi connectivity index (χ1) is 23.1. The van der Waals surface area contributed by atoms with Crippen LogP contribution in [0.15, 0.2) is 0 Å². The number of halogens is 6. The van der Waals surface area contributed by atoms with E-state index < -0.39 is 42.2 Å². The number of hydrogen-bond donors (Lipinski definition) is 4. The van der Waals surface area contributed by atoms with Crippen LogP contribution >= 0.6 is 0 Å². The molecule has 20 heteroatoms. The second kappa shape index (κ2) is 16.5. The molecule has 0 spiro atoms. The number of nitrogens with one attached hydrogen (secondary N) is 3. The molecule has 49 heavy (non-hydrogen) atoms. The van der Waals surface area contributed by atoms with Crippen molar-refractivity contribution in [1.29, 1.82) is 0 Å². The summed E-state index contributed by atoms with van der Waals surface area (Å²) >= 11 is 0. The molecule has 4 rings (SSSR count). The number of piperidine rings is 3. The minimum absolute atomic E-state index is 0.0871. The normalized spacial score (nSPS) is 18.7. The molecule has 3 aliphatic rings. The Hall–Kier alpha value is -4.13.